The number of phenols is 1. The van der Waals surface area contributed by atoms with Crippen LogP contribution in [0.1, 0.15) is 96.5 Å². The Labute approximate surface area is 392 Å². The van der Waals surface area contributed by atoms with Crippen LogP contribution in [-0.2, 0) is 44.8 Å². The molecule has 1 aromatic rings. The fourth-order valence-electron chi connectivity index (χ4n) is 6.69. The molecule has 24 heteroatoms. The standard InChI is InChI=1S/C43H76N14O10/c1-26(2)22-34(42(66)67)57-40(64)31(12-5-8-20-46)55-41(65)33(23-27-14-16-28(58)17-15-27)56-39(63)32(13-9-21-50-43(48)49)54-38(62)30(11-4-7-19-45)53-37(61)29(10-3-6-18-44)52-36(60)25-51-35(59)24-47/h14-17,26,29-34,58H,3-13,18-25,44-47H2,1-2H3,(H,51,59)(H,52,60)(H,53,61)(H,54,62)(H,55,65)(H,56,63)(H,57,64)(H,66,67)(H4,48,49,50)/t29-,30-,31-,32-,33-,34-/m0/s1. The van der Waals surface area contributed by atoms with Crippen molar-refractivity contribution in [3.05, 3.63) is 29.8 Å². The number of hydrogen-bond donors (Lipinski definition) is 15. The molecule has 6 atom stereocenters. The Morgan fingerprint density at radius 2 is 0.955 bits per heavy atom. The minimum Gasteiger partial charge on any atom is -0.508 e. The third kappa shape index (κ3) is 25.4. The highest BCUT2D eigenvalue weighted by molar-refractivity contribution is 5.97. The number of phenolic OH excluding ortho intramolecular Hbond substituents is 1. The maximum Gasteiger partial charge on any atom is 0.326 e. The summed E-state index contributed by atoms with van der Waals surface area (Å²) in [6.07, 6.45) is 3.09. The summed E-state index contributed by atoms with van der Waals surface area (Å²) in [5.41, 5.74) is 33.9. The first kappa shape index (κ1) is 58.9. The summed E-state index contributed by atoms with van der Waals surface area (Å²) in [4.78, 5) is 110. The predicted molar refractivity (Wildman–Crippen MR) is 251 cm³/mol. The van der Waals surface area contributed by atoms with Crippen LogP contribution in [0.3, 0.4) is 0 Å². The van der Waals surface area contributed by atoms with E-state index >= 15 is 0 Å². The van der Waals surface area contributed by atoms with Gasteiger partial charge in [0.1, 0.15) is 42.0 Å². The van der Waals surface area contributed by atoms with Crippen LogP contribution < -0.4 is 71.6 Å². The highest BCUT2D eigenvalue weighted by atomic mass is 16.4. The van der Waals surface area contributed by atoms with Crippen LogP contribution in [0.5, 0.6) is 5.75 Å². The van der Waals surface area contributed by atoms with E-state index < -0.39 is 90.1 Å². The monoisotopic (exact) mass is 949 g/mol. The van der Waals surface area contributed by atoms with Crippen molar-refractivity contribution in [3.63, 3.8) is 0 Å². The molecule has 0 saturated heterocycles. The maximum atomic E-state index is 14.3. The molecule has 7 amide bonds. The number of benzene rings is 1. The van der Waals surface area contributed by atoms with Crippen molar-refractivity contribution in [2.45, 2.75) is 134 Å². The van der Waals surface area contributed by atoms with Crippen molar-refractivity contribution in [2.24, 2.45) is 45.3 Å². The first-order valence-electron chi connectivity index (χ1n) is 22.8. The summed E-state index contributed by atoms with van der Waals surface area (Å²) in [5, 5.41) is 37.9. The van der Waals surface area contributed by atoms with Crippen molar-refractivity contribution in [2.75, 3.05) is 39.3 Å². The van der Waals surface area contributed by atoms with Crippen molar-refractivity contribution in [3.8, 4) is 5.75 Å². The molecule has 24 nitrogen and oxygen atoms in total. The number of nitrogens with two attached hydrogens (primary N) is 6. The van der Waals surface area contributed by atoms with Crippen LogP contribution in [0.4, 0.5) is 0 Å². The Morgan fingerprint density at radius 3 is 1.36 bits per heavy atom. The minimum atomic E-state index is -1.39. The second-order valence-corrected chi connectivity index (χ2v) is 16.5. The molecular weight excluding hydrogens is 873 g/mol. The van der Waals surface area contributed by atoms with E-state index in [0.29, 0.717) is 57.2 Å². The van der Waals surface area contributed by atoms with Crippen LogP contribution in [0.15, 0.2) is 29.3 Å². The van der Waals surface area contributed by atoms with Crippen LogP contribution >= 0.6 is 0 Å². The number of aromatic hydroxyl groups is 1. The molecule has 67 heavy (non-hydrogen) atoms. The van der Waals surface area contributed by atoms with E-state index in [-0.39, 0.29) is 82.2 Å². The molecule has 0 aromatic heterocycles. The van der Waals surface area contributed by atoms with Gasteiger partial charge in [-0.2, -0.15) is 0 Å². The Morgan fingerprint density at radius 1 is 0.552 bits per heavy atom. The van der Waals surface area contributed by atoms with E-state index in [0.717, 1.165) is 0 Å². The molecule has 0 fully saturated rings. The predicted octanol–water partition coefficient (Wildman–Crippen LogP) is -3.51. The summed E-state index contributed by atoms with van der Waals surface area (Å²) in [7, 11) is 0. The van der Waals surface area contributed by atoms with Crippen LogP contribution in [0.25, 0.3) is 0 Å². The fraction of sp³-hybridized carbons (Fsp3) is 0.651. The molecular formula is C43H76N14O10. The zero-order chi connectivity index (χ0) is 50.3. The van der Waals surface area contributed by atoms with Gasteiger partial charge < -0.3 is 81.8 Å². The first-order valence-corrected chi connectivity index (χ1v) is 22.8. The number of rotatable bonds is 35. The quantitative estimate of drug-likeness (QED) is 0.0178. The minimum absolute atomic E-state index is 0.0553. The third-order valence-electron chi connectivity index (χ3n) is 10.3. The van der Waals surface area contributed by atoms with Gasteiger partial charge in [-0.05, 0) is 120 Å². The number of unbranched alkanes of at least 4 members (excludes halogenated alkanes) is 3. The van der Waals surface area contributed by atoms with Gasteiger partial charge in [0.15, 0.2) is 5.96 Å². The number of carboxylic acid groups (broad SMARTS) is 1. The number of aliphatic carboxylic acids is 1. The Balaban J connectivity index is 3.60. The lowest BCUT2D eigenvalue weighted by molar-refractivity contribution is -0.143. The van der Waals surface area contributed by atoms with Crippen molar-refractivity contribution >= 4 is 53.3 Å². The summed E-state index contributed by atoms with van der Waals surface area (Å²) in [6, 6.07) is -1.76. The lowest BCUT2D eigenvalue weighted by Gasteiger charge is -2.28. The van der Waals surface area contributed by atoms with Crippen molar-refractivity contribution in [1.82, 2.24) is 37.2 Å². The molecule has 21 N–H and O–H groups in total. The summed E-state index contributed by atoms with van der Waals surface area (Å²) >= 11 is 0. The summed E-state index contributed by atoms with van der Waals surface area (Å²) < 4.78 is 0. The average Bonchev–Trinajstić information content (AvgIpc) is 3.27. The second kappa shape index (κ2) is 33.4. The van der Waals surface area contributed by atoms with Crippen LogP contribution in [-0.4, -0.2) is 139 Å². The molecule has 0 bridgehead atoms. The summed E-state index contributed by atoms with van der Waals surface area (Å²) in [6.45, 7) is 3.74. The molecule has 0 spiro atoms. The fourth-order valence-corrected chi connectivity index (χ4v) is 6.69. The molecule has 0 aliphatic carbocycles. The van der Waals surface area contributed by atoms with E-state index in [9.17, 15) is 48.6 Å². The first-order chi connectivity index (χ1) is 31.8. The Bertz CT molecular complexity index is 1750. The van der Waals surface area contributed by atoms with Crippen molar-refractivity contribution in [1.29, 1.82) is 0 Å². The van der Waals surface area contributed by atoms with Crippen LogP contribution in [0, 0.1) is 5.92 Å². The topological polar surface area (TPSA) is 430 Å². The van der Waals surface area contributed by atoms with Crippen molar-refractivity contribution < 1.29 is 48.6 Å². The SMILES string of the molecule is CC(C)C[C@H](NC(=O)[C@H](CCCCN)NC(=O)[C@H](Cc1ccc(O)cc1)NC(=O)[C@H](CCCN=C(N)N)NC(=O)[C@H](CCCCN)NC(=O)[C@H](CCCCN)NC(=O)CNC(=O)CN)C(=O)O. The normalized spacial score (nSPS) is 13.7. The van der Waals surface area contributed by atoms with Gasteiger partial charge in [0.2, 0.25) is 41.4 Å². The highest BCUT2D eigenvalue weighted by Crippen LogP contribution is 2.14. The third-order valence-corrected chi connectivity index (χ3v) is 10.3. The van der Waals surface area contributed by atoms with Gasteiger partial charge in [0.05, 0.1) is 13.1 Å². The Hall–Kier alpha value is -6.11. The number of nitrogens with one attached hydrogen (secondary N) is 7. The number of carbonyl (C=O) groups is 8. The van der Waals surface area contributed by atoms with Gasteiger partial charge in [-0.1, -0.05) is 26.0 Å². The van der Waals surface area contributed by atoms with Gasteiger partial charge >= 0.3 is 5.97 Å². The molecule has 378 valence electrons. The largest absolute Gasteiger partial charge is 0.508 e. The molecule has 0 aliphatic rings. The van der Waals surface area contributed by atoms with E-state index in [4.69, 9.17) is 34.4 Å². The molecule has 0 radical (unpaired) electrons. The number of carbonyl (C=O) groups excluding carboxylic acids is 7. The maximum absolute atomic E-state index is 14.3. The number of carboxylic acids is 1. The lowest BCUT2D eigenvalue weighted by atomic mass is 10.0. The van der Waals surface area contributed by atoms with E-state index in [2.05, 4.69) is 42.2 Å². The number of hydrogen-bond acceptors (Lipinski definition) is 14. The number of nitrogens with zero attached hydrogens (tertiary/aromatic N) is 1. The number of amides is 7. The van der Waals surface area contributed by atoms with E-state index in [1.54, 1.807) is 13.8 Å². The van der Waals surface area contributed by atoms with Gasteiger partial charge in [-0.3, -0.25) is 38.6 Å². The molecule has 0 unspecified atom stereocenters. The summed E-state index contributed by atoms with van der Waals surface area (Å²) in [5.74, 6) is -6.75. The van der Waals surface area contributed by atoms with E-state index in [1.165, 1.54) is 24.3 Å². The van der Waals surface area contributed by atoms with Gasteiger partial charge in [0.25, 0.3) is 0 Å². The molecule has 0 aliphatic heterocycles. The zero-order valence-corrected chi connectivity index (χ0v) is 38.9. The second-order valence-electron chi connectivity index (χ2n) is 16.5. The Kier molecular flexibility index (Phi) is 29.3. The lowest BCUT2D eigenvalue weighted by Crippen LogP contribution is -2.60. The van der Waals surface area contributed by atoms with E-state index in [1.807, 2.05) is 0 Å². The molecule has 0 heterocycles. The number of guanidine groups is 1. The van der Waals surface area contributed by atoms with Gasteiger partial charge in [-0.25, -0.2) is 4.79 Å². The molecule has 1 rings (SSSR count). The highest BCUT2D eigenvalue weighted by Gasteiger charge is 2.33. The molecule has 0 saturated carbocycles. The molecule has 1 aromatic carbocycles. The smallest absolute Gasteiger partial charge is 0.326 e. The van der Waals surface area contributed by atoms with Crippen LogP contribution in [0.2, 0.25) is 0 Å². The van der Waals surface area contributed by atoms with Gasteiger partial charge in [0, 0.05) is 13.0 Å². The number of aliphatic imine (C=N–C) groups is 1. The average molecular weight is 949 g/mol. The zero-order valence-electron chi connectivity index (χ0n) is 38.9. The van der Waals surface area contributed by atoms with Gasteiger partial charge in [-0.15, -0.1) is 0 Å².